The molecular formula is C18H28FIN4O. The predicted molar refractivity (Wildman–Crippen MR) is 112 cm³/mol. The average molecular weight is 462 g/mol. The van der Waals surface area contributed by atoms with Crippen LogP contribution in [0.15, 0.2) is 41.9 Å². The number of rotatable bonds is 9. The van der Waals surface area contributed by atoms with E-state index in [0.29, 0.717) is 18.7 Å². The quantitative estimate of drug-likeness (QED) is 0.195. The number of hydrogen-bond acceptors (Lipinski definition) is 2. The average Bonchev–Trinajstić information content (AvgIpc) is 2.55. The lowest BCUT2D eigenvalue weighted by Gasteiger charge is -2.21. The number of unbranched alkanes of at least 4 members (excludes halogenated alkanes) is 1. The van der Waals surface area contributed by atoms with Crippen LogP contribution in [0.3, 0.4) is 0 Å². The molecule has 0 saturated carbocycles. The van der Waals surface area contributed by atoms with Crippen molar-refractivity contribution >= 4 is 35.8 Å². The van der Waals surface area contributed by atoms with Crippen molar-refractivity contribution in [1.82, 2.24) is 15.5 Å². The molecule has 0 aliphatic rings. The van der Waals surface area contributed by atoms with Crippen LogP contribution in [0.4, 0.5) is 4.39 Å². The highest BCUT2D eigenvalue weighted by molar-refractivity contribution is 14.0. The van der Waals surface area contributed by atoms with Crippen LogP contribution in [-0.2, 0) is 11.2 Å². The standard InChI is InChI=1S/C18H27FN4O.HI/c1-4-5-6-12-23(3)18(20-2)22-11-10-21-17(24)14-15-8-7-9-16(19)13-15;/h4,7-9,13H,1,5-6,10-12,14H2,2-3H3,(H,20,22)(H,21,24);1H. The summed E-state index contributed by atoms with van der Waals surface area (Å²) in [5.41, 5.74) is 0.665. The Bertz CT molecular complexity index is 566. The molecule has 0 aromatic heterocycles. The third-order valence-electron chi connectivity index (χ3n) is 3.46. The molecule has 0 atom stereocenters. The summed E-state index contributed by atoms with van der Waals surface area (Å²) in [6.45, 7) is 5.65. The third kappa shape index (κ3) is 10.1. The van der Waals surface area contributed by atoms with Crippen LogP contribution in [0.5, 0.6) is 0 Å². The van der Waals surface area contributed by atoms with Crippen LogP contribution in [-0.4, -0.2) is 50.5 Å². The molecule has 0 fully saturated rings. The summed E-state index contributed by atoms with van der Waals surface area (Å²) in [6.07, 6.45) is 4.06. The van der Waals surface area contributed by atoms with Gasteiger partial charge in [0.15, 0.2) is 5.96 Å². The Morgan fingerprint density at radius 3 is 2.72 bits per heavy atom. The van der Waals surface area contributed by atoms with E-state index in [1.54, 1.807) is 19.2 Å². The van der Waals surface area contributed by atoms with Gasteiger partial charge in [-0.05, 0) is 30.5 Å². The molecular weight excluding hydrogens is 434 g/mol. The minimum absolute atomic E-state index is 0. The molecule has 1 aromatic rings. The molecule has 0 aliphatic carbocycles. The summed E-state index contributed by atoms with van der Waals surface area (Å²) in [5.74, 6) is 0.334. The van der Waals surface area contributed by atoms with Crippen molar-refractivity contribution in [2.24, 2.45) is 4.99 Å². The Morgan fingerprint density at radius 2 is 2.08 bits per heavy atom. The second-order valence-corrected chi connectivity index (χ2v) is 5.48. The van der Waals surface area contributed by atoms with Crippen LogP contribution in [0.25, 0.3) is 0 Å². The molecule has 140 valence electrons. The number of guanidine groups is 1. The van der Waals surface area contributed by atoms with Crippen molar-refractivity contribution in [2.45, 2.75) is 19.3 Å². The molecule has 0 bridgehead atoms. The van der Waals surface area contributed by atoms with E-state index in [2.05, 4.69) is 22.2 Å². The smallest absolute Gasteiger partial charge is 0.224 e. The summed E-state index contributed by atoms with van der Waals surface area (Å²) in [7, 11) is 3.70. The van der Waals surface area contributed by atoms with E-state index in [1.165, 1.54) is 12.1 Å². The monoisotopic (exact) mass is 462 g/mol. The Morgan fingerprint density at radius 1 is 1.36 bits per heavy atom. The van der Waals surface area contributed by atoms with Crippen molar-refractivity contribution in [3.8, 4) is 0 Å². The second kappa shape index (κ2) is 13.6. The molecule has 1 rings (SSSR count). The fourth-order valence-electron chi connectivity index (χ4n) is 2.23. The first-order valence-corrected chi connectivity index (χ1v) is 8.10. The van der Waals surface area contributed by atoms with Gasteiger partial charge in [-0.15, -0.1) is 30.6 Å². The second-order valence-electron chi connectivity index (χ2n) is 5.48. The fourth-order valence-corrected chi connectivity index (χ4v) is 2.23. The molecule has 0 heterocycles. The number of hydrogen-bond donors (Lipinski definition) is 2. The number of carbonyl (C=O) groups excluding carboxylic acids is 1. The van der Waals surface area contributed by atoms with Gasteiger partial charge in [-0.1, -0.05) is 18.2 Å². The molecule has 0 radical (unpaired) electrons. The first kappa shape index (κ1) is 23.4. The van der Waals surface area contributed by atoms with Gasteiger partial charge < -0.3 is 15.5 Å². The molecule has 1 amide bonds. The minimum Gasteiger partial charge on any atom is -0.354 e. The number of halogens is 2. The summed E-state index contributed by atoms with van der Waals surface area (Å²) >= 11 is 0. The van der Waals surface area contributed by atoms with Gasteiger partial charge in [0, 0.05) is 33.7 Å². The topological polar surface area (TPSA) is 56.7 Å². The molecule has 5 nitrogen and oxygen atoms in total. The van der Waals surface area contributed by atoms with Crippen LogP contribution >= 0.6 is 24.0 Å². The van der Waals surface area contributed by atoms with Gasteiger partial charge >= 0.3 is 0 Å². The van der Waals surface area contributed by atoms with Crippen molar-refractivity contribution in [3.05, 3.63) is 48.3 Å². The number of amides is 1. The summed E-state index contributed by atoms with van der Waals surface area (Å²) in [5, 5.41) is 6.01. The Labute approximate surface area is 166 Å². The number of aliphatic imine (C=N–C) groups is 1. The van der Waals surface area contributed by atoms with Crippen molar-refractivity contribution in [1.29, 1.82) is 0 Å². The van der Waals surface area contributed by atoms with E-state index < -0.39 is 0 Å². The maximum absolute atomic E-state index is 13.1. The van der Waals surface area contributed by atoms with E-state index in [4.69, 9.17) is 0 Å². The van der Waals surface area contributed by atoms with E-state index >= 15 is 0 Å². The lowest BCUT2D eigenvalue weighted by atomic mass is 10.1. The Hall–Kier alpha value is -1.64. The predicted octanol–water partition coefficient (Wildman–Crippen LogP) is 2.58. The molecule has 0 spiro atoms. The molecule has 1 aromatic carbocycles. The highest BCUT2D eigenvalue weighted by Gasteiger charge is 2.06. The van der Waals surface area contributed by atoms with Gasteiger partial charge in [-0.3, -0.25) is 9.79 Å². The summed E-state index contributed by atoms with van der Waals surface area (Å²) in [4.78, 5) is 18.1. The molecule has 2 N–H and O–H groups in total. The SMILES string of the molecule is C=CCCCN(C)C(=NC)NCCNC(=O)Cc1cccc(F)c1.I. The number of carbonyl (C=O) groups is 1. The third-order valence-corrected chi connectivity index (χ3v) is 3.46. The van der Waals surface area contributed by atoms with Gasteiger partial charge in [0.05, 0.1) is 6.42 Å². The van der Waals surface area contributed by atoms with Crippen molar-refractivity contribution in [2.75, 3.05) is 33.7 Å². The summed E-state index contributed by atoms with van der Waals surface area (Å²) < 4.78 is 13.1. The van der Waals surface area contributed by atoms with Crippen LogP contribution < -0.4 is 10.6 Å². The molecule has 0 aliphatic heterocycles. The van der Waals surface area contributed by atoms with Crippen molar-refractivity contribution < 1.29 is 9.18 Å². The lowest BCUT2D eigenvalue weighted by molar-refractivity contribution is -0.120. The van der Waals surface area contributed by atoms with Gasteiger partial charge in [0.2, 0.25) is 5.91 Å². The van der Waals surface area contributed by atoms with Gasteiger partial charge in [0.1, 0.15) is 5.82 Å². The van der Waals surface area contributed by atoms with Gasteiger partial charge in [-0.25, -0.2) is 4.39 Å². The first-order chi connectivity index (χ1) is 11.6. The zero-order valence-electron chi connectivity index (χ0n) is 14.9. The van der Waals surface area contributed by atoms with Gasteiger partial charge in [0.25, 0.3) is 0 Å². The van der Waals surface area contributed by atoms with E-state index in [0.717, 1.165) is 25.3 Å². The van der Waals surface area contributed by atoms with Gasteiger partial charge in [-0.2, -0.15) is 0 Å². The molecule has 7 heteroatoms. The summed E-state index contributed by atoms with van der Waals surface area (Å²) in [6, 6.07) is 6.08. The van der Waals surface area contributed by atoms with Crippen LogP contribution in [0, 0.1) is 5.82 Å². The molecule has 25 heavy (non-hydrogen) atoms. The Kier molecular flexibility index (Phi) is 12.7. The normalized spacial score (nSPS) is 10.6. The van der Waals surface area contributed by atoms with Crippen LogP contribution in [0.2, 0.25) is 0 Å². The minimum atomic E-state index is -0.328. The van der Waals surface area contributed by atoms with E-state index in [9.17, 15) is 9.18 Å². The zero-order chi connectivity index (χ0) is 17.8. The van der Waals surface area contributed by atoms with Crippen molar-refractivity contribution in [3.63, 3.8) is 0 Å². The first-order valence-electron chi connectivity index (χ1n) is 8.10. The number of allylic oxidation sites excluding steroid dienone is 1. The lowest BCUT2D eigenvalue weighted by Crippen LogP contribution is -2.43. The maximum Gasteiger partial charge on any atom is 0.224 e. The number of nitrogens with zero attached hydrogens (tertiary/aromatic N) is 2. The number of nitrogens with one attached hydrogen (secondary N) is 2. The fraction of sp³-hybridized carbons (Fsp3) is 0.444. The Balaban J connectivity index is 0.00000576. The highest BCUT2D eigenvalue weighted by Crippen LogP contribution is 2.03. The molecule has 0 saturated heterocycles. The zero-order valence-corrected chi connectivity index (χ0v) is 17.3. The molecule has 0 unspecified atom stereocenters. The number of benzene rings is 1. The van der Waals surface area contributed by atoms with E-state index in [1.807, 2.05) is 18.0 Å². The highest BCUT2D eigenvalue weighted by atomic mass is 127. The largest absolute Gasteiger partial charge is 0.354 e. The van der Waals surface area contributed by atoms with Crippen LogP contribution in [0.1, 0.15) is 18.4 Å². The van der Waals surface area contributed by atoms with E-state index in [-0.39, 0.29) is 42.1 Å². The maximum atomic E-state index is 13.1.